The SMILES string of the molecule is CC(C)c1nc(CC(=O)N[C@H](Cc2ccccc2)c2ccccc2)cs1. The molecule has 134 valence electrons. The zero-order valence-corrected chi connectivity index (χ0v) is 16.0. The van der Waals surface area contributed by atoms with E-state index in [1.807, 2.05) is 41.8 Å². The molecule has 0 saturated heterocycles. The molecule has 3 nitrogen and oxygen atoms in total. The van der Waals surface area contributed by atoms with Crippen molar-refractivity contribution in [2.24, 2.45) is 0 Å². The van der Waals surface area contributed by atoms with E-state index in [0.717, 1.165) is 22.7 Å². The van der Waals surface area contributed by atoms with Gasteiger partial charge in [-0.2, -0.15) is 0 Å². The molecule has 0 spiro atoms. The van der Waals surface area contributed by atoms with Crippen molar-refractivity contribution >= 4 is 17.2 Å². The van der Waals surface area contributed by atoms with Gasteiger partial charge in [0.05, 0.1) is 23.2 Å². The predicted octanol–water partition coefficient (Wildman–Crippen LogP) is 4.91. The Kier molecular flexibility index (Phi) is 6.18. The molecule has 0 aliphatic heterocycles. The van der Waals surface area contributed by atoms with Crippen LogP contribution in [0.2, 0.25) is 0 Å². The Morgan fingerprint density at radius 2 is 1.69 bits per heavy atom. The number of carbonyl (C=O) groups is 1. The lowest BCUT2D eigenvalue weighted by atomic mass is 9.98. The fourth-order valence-corrected chi connectivity index (χ4v) is 3.70. The Balaban J connectivity index is 1.71. The van der Waals surface area contributed by atoms with Crippen LogP contribution in [0.15, 0.2) is 66.0 Å². The van der Waals surface area contributed by atoms with Gasteiger partial charge in [0.15, 0.2) is 0 Å². The van der Waals surface area contributed by atoms with Crippen molar-refractivity contribution in [1.29, 1.82) is 0 Å². The first-order chi connectivity index (χ1) is 12.6. The molecule has 0 radical (unpaired) electrons. The van der Waals surface area contributed by atoms with E-state index in [0.29, 0.717) is 12.3 Å². The number of nitrogens with one attached hydrogen (secondary N) is 1. The second-order valence-corrected chi connectivity index (χ2v) is 7.62. The van der Waals surface area contributed by atoms with Crippen LogP contribution in [-0.4, -0.2) is 10.9 Å². The summed E-state index contributed by atoms with van der Waals surface area (Å²) in [5.41, 5.74) is 3.17. The van der Waals surface area contributed by atoms with Crippen LogP contribution < -0.4 is 5.32 Å². The van der Waals surface area contributed by atoms with Gasteiger partial charge in [-0.25, -0.2) is 4.98 Å². The molecule has 0 aliphatic carbocycles. The van der Waals surface area contributed by atoms with Gasteiger partial charge in [-0.15, -0.1) is 11.3 Å². The van der Waals surface area contributed by atoms with E-state index in [4.69, 9.17) is 0 Å². The topological polar surface area (TPSA) is 42.0 Å². The fraction of sp³-hybridized carbons (Fsp3) is 0.273. The minimum atomic E-state index is -0.0469. The van der Waals surface area contributed by atoms with Crippen LogP contribution in [0.3, 0.4) is 0 Å². The van der Waals surface area contributed by atoms with E-state index >= 15 is 0 Å². The van der Waals surface area contributed by atoms with Crippen molar-refractivity contribution in [3.63, 3.8) is 0 Å². The van der Waals surface area contributed by atoms with E-state index in [9.17, 15) is 4.79 Å². The van der Waals surface area contributed by atoms with Crippen LogP contribution in [0.5, 0.6) is 0 Å². The van der Waals surface area contributed by atoms with Crippen molar-refractivity contribution in [3.05, 3.63) is 87.9 Å². The van der Waals surface area contributed by atoms with Crippen molar-refractivity contribution in [3.8, 4) is 0 Å². The first-order valence-electron chi connectivity index (χ1n) is 8.94. The normalized spacial score (nSPS) is 12.1. The Morgan fingerprint density at radius 3 is 2.31 bits per heavy atom. The second kappa shape index (κ2) is 8.77. The third-order valence-corrected chi connectivity index (χ3v) is 5.42. The number of thiazole rings is 1. The van der Waals surface area contributed by atoms with Gasteiger partial charge in [0.1, 0.15) is 0 Å². The van der Waals surface area contributed by atoms with Gasteiger partial charge in [0.25, 0.3) is 0 Å². The second-order valence-electron chi connectivity index (χ2n) is 6.73. The summed E-state index contributed by atoms with van der Waals surface area (Å²) < 4.78 is 0. The molecule has 1 atom stereocenters. The molecule has 0 saturated carbocycles. The molecular formula is C22H24N2OS. The summed E-state index contributed by atoms with van der Waals surface area (Å²) in [6, 6.07) is 20.3. The van der Waals surface area contributed by atoms with Crippen LogP contribution in [0, 0.1) is 0 Å². The number of amides is 1. The van der Waals surface area contributed by atoms with E-state index in [2.05, 4.69) is 48.4 Å². The monoisotopic (exact) mass is 364 g/mol. The molecule has 0 bridgehead atoms. The highest BCUT2D eigenvalue weighted by Gasteiger charge is 2.17. The fourth-order valence-electron chi connectivity index (χ4n) is 2.87. The molecule has 1 N–H and O–H groups in total. The summed E-state index contributed by atoms with van der Waals surface area (Å²) in [6.07, 6.45) is 1.09. The van der Waals surface area contributed by atoms with E-state index in [1.165, 1.54) is 5.56 Å². The summed E-state index contributed by atoms with van der Waals surface area (Å²) in [5, 5.41) is 6.26. The van der Waals surface area contributed by atoms with Crippen LogP contribution in [-0.2, 0) is 17.6 Å². The third kappa shape index (κ3) is 5.02. The van der Waals surface area contributed by atoms with E-state index < -0.39 is 0 Å². The lowest BCUT2D eigenvalue weighted by Gasteiger charge is -2.19. The maximum atomic E-state index is 12.6. The molecule has 4 heteroatoms. The van der Waals surface area contributed by atoms with Gasteiger partial charge >= 0.3 is 0 Å². The highest BCUT2D eigenvalue weighted by molar-refractivity contribution is 7.09. The molecule has 0 aliphatic rings. The Morgan fingerprint density at radius 1 is 1.04 bits per heavy atom. The molecular weight excluding hydrogens is 340 g/mol. The number of benzene rings is 2. The third-order valence-electron chi connectivity index (χ3n) is 4.22. The van der Waals surface area contributed by atoms with Gasteiger partial charge in [-0.3, -0.25) is 4.79 Å². The largest absolute Gasteiger partial charge is 0.349 e. The van der Waals surface area contributed by atoms with Crippen molar-refractivity contribution in [2.75, 3.05) is 0 Å². The molecule has 26 heavy (non-hydrogen) atoms. The first-order valence-corrected chi connectivity index (χ1v) is 9.82. The minimum absolute atomic E-state index is 0.00962. The molecule has 1 heterocycles. The first kappa shape index (κ1) is 18.3. The number of aromatic nitrogens is 1. The number of nitrogens with zero attached hydrogens (tertiary/aromatic N) is 1. The number of carbonyl (C=O) groups excluding carboxylic acids is 1. The maximum Gasteiger partial charge on any atom is 0.226 e. The van der Waals surface area contributed by atoms with E-state index in [-0.39, 0.29) is 11.9 Å². The highest BCUT2D eigenvalue weighted by atomic mass is 32.1. The Labute approximate surface area is 159 Å². The molecule has 0 fully saturated rings. The average Bonchev–Trinajstić information content (AvgIpc) is 3.11. The van der Waals surface area contributed by atoms with Crippen molar-refractivity contribution in [2.45, 2.75) is 38.6 Å². The standard InChI is InChI=1S/C22H24N2OS/c1-16(2)22-23-19(15-26-22)14-21(25)24-20(18-11-7-4-8-12-18)13-17-9-5-3-6-10-17/h3-12,15-16,20H,13-14H2,1-2H3,(H,24,25)/t20-/m1/s1. The summed E-state index contributed by atoms with van der Waals surface area (Å²) in [6.45, 7) is 4.24. The molecule has 3 aromatic rings. The van der Waals surface area contributed by atoms with Gasteiger partial charge in [0, 0.05) is 11.3 Å². The summed E-state index contributed by atoms with van der Waals surface area (Å²) in [5.74, 6) is 0.405. The number of hydrogen-bond acceptors (Lipinski definition) is 3. The quantitative estimate of drug-likeness (QED) is 0.647. The maximum absolute atomic E-state index is 12.6. The van der Waals surface area contributed by atoms with Crippen LogP contribution in [0.4, 0.5) is 0 Å². The van der Waals surface area contributed by atoms with Gasteiger partial charge < -0.3 is 5.32 Å². The van der Waals surface area contributed by atoms with Gasteiger partial charge in [0.2, 0.25) is 5.91 Å². The molecule has 1 amide bonds. The number of hydrogen-bond donors (Lipinski definition) is 1. The number of rotatable bonds is 7. The smallest absolute Gasteiger partial charge is 0.226 e. The Bertz CT molecular complexity index is 828. The lowest BCUT2D eigenvalue weighted by Crippen LogP contribution is -2.31. The summed E-state index contributed by atoms with van der Waals surface area (Å²) in [7, 11) is 0. The van der Waals surface area contributed by atoms with Gasteiger partial charge in [-0.05, 0) is 17.5 Å². The van der Waals surface area contributed by atoms with Crippen LogP contribution >= 0.6 is 11.3 Å². The summed E-state index contributed by atoms with van der Waals surface area (Å²) >= 11 is 1.63. The highest BCUT2D eigenvalue weighted by Crippen LogP contribution is 2.21. The predicted molar refractivity (Wildman–Crippen MR) is 107 cm³/mol. The molecule has 2 aromatic carbocycles. The van der Waals surface area contributed by atoms with Crippen molar-refractivity contribution in [1.82, 2.24) is 10.3 Å². The molecule has 0 unspecified atom stereocenters. The zero-order valence-electron chi connectivity index (χ0n) is 15.2. The molecule has 1 aromatic heterocycles. The Hall–Kier alpha value is -2.46. The lowest BCUT2D eigenvalue weighted by molar-refractivity contribution is -0.121. The zero-order chi connectivity index (χ0) is 18.4. The minimum Gasteiger partial charge on any atom is -0.349 e. The van der Waals surface area contributed by atoms with Gasteiger partial charge in [-0.1, -0.05) is 74.5 Å². The van der Waals surface area contributed by atoms with Crippen molar-refractivity contribution < 1.29 is 4.79 Å². The summed E-state index contributed by atoms with van der Waals surface area (Å²) in [4.78, 5) is 17.2. The van der Waals surface area contributed by atoms with Crippen LogP contribution in [0.25, 0.3) is 0 Å². The average molecular weight is 365 g/mol. The molecule has 3 rings (SSSR count). The van der Waals surface area contributed by atoms with Crippen LogP contribution in [0.1, 0.15) is 47.6 Å². The van der Waals surface area contributed by atoms with E-state index in [1.54, 1.807) is 11.3 Å².